The first-order valence-electron chi connectivity index (χ1n) is 25.0. The molecule has 12 aromatic carbocycles. The van der Waals surface area contributed by atoms with E-state index in [0.29, 0.717) is 0 Å². The van der Waals surface area contributed by atoms with Gasteiger partial charge < -0.3 is 0 Å². The highest BCUT2D eigenvalue weighted by molar-refractivity contribution is 7.97. The molecule has 0 radical (unpaired) electrons. The van der Waals surface area contributed by atoms with Crippen LogP contribution < -0.4 is 0 Å². The molecule has 12 aromatic rings. The highest BCUT2D eigenvalue weighted by Crippen LogP contribution is 2.55. The molecule has 0 amide bonds. The SMILES string of the molecule is c1ccc(-c2cc(-c3ccccc3)c([S+](c3c(-c4ccccc4)cc(-c4ccccc4)cc3-c3ccccc3)c3c(-c4ccccc4)cc(-c4ccccc4)cc3-c3ccccc3)c(-c3ccccc3)c2)cc1. The van der Waals surface area contributed by atoms with Gasteiger partial charge in [0.25, 0.3) is 0 Å². The molecule has 12 rings (SSSR count). The van der Waals surface area contributed by atoms with Crippen LogP contribution in [0.4, 0.5) is 0 Å². The van der Waals surface area contributed by atoms with Crippen molar-refractivity contribution < 1.29 is 0 Å². The van der Waals surface area contributed by atoms with Gasteiger partial charge in [-0.1, -0.05) is 273 Å². The Kier molecular flexibility index (Phi) is 12.8. The smallest absolute Gasteiger partial charge is 0.0622 e. The molecule has 0 atom stereocenters. The largest absolute Gasteiger partial charge is 0.182 e. The van der Waals surface area contributed by atoms with Crippen LogP contribution in [0.1, 0.15) is 0 Å². The first-order valence-corrected chi connectivity index (χ1v) is 26.2. The zero-order valence-corrected chi connectivity index (χ0v) is 41.2. The first-order chi connectivity index (χ1) is 36.2. The molecule has 344 valence electrons. The highest BCUT2D eigenvalue weighted by atomic mass is 32.2. The molecule has 0 aliphatic heterocycles. The van der Waals surface area contributed by atoms with E-state index in [4.69, 9.17) is 0 Å². The molecule has 0 aliphatic carbocycles. The molecule has 1 heteroatoms. The van der Waals surface area contributed by atoms with Crippen LogP contribution in [0, 0.1) is 0 Å². The molecule has 0 nitrogen and oxygen atoms in total. The first kappa shape index (κ1) is 45.1. The van der Waals surface area contributed by atoms with Crippen LogP contribution in [0.15, 0.2) is 324 Å². The van der Waals surface area contributed by atoms with Crippen molar-refractivity contribution in [2.24, 2.45) is 0 Å². The van der Waals surface area contributed by atoms with Crippen molar-refractivity contribution in [1.29, 1.82) is 0 Å². The van der Waals surface area contributed by atoms with Crippen LogP contribution in [-0.4, -0.2) is 0 Å². The maximum absolute atomic E-state index is 2.47. The third-order valence-corrected chi connectivity index (χ3v) is 16.3. The van der Waals surface area contributed by atoms with Gasteiger partial charge in [0, 0.05) is 33.4 Å². The van der Waals surface area contributed by atoms with Gasteiger partial charge in [-0.2, -0.15) is 0 Å². The minimum absolute atomic E-state index is 0.881. The summed E-state index contributed by atoms with van der Waals surface area (Å²) in [6, 6.07) is 114. The summed E-state index contributed by atoms with van der Waals surface area (Å²) in [5.74, 6) is 0. The average molecular weight is 948 g/mol. The number of benzene rings is 12. The molecule has 0 unspecified atom stereocenters. The van der Waals surface area contributed by atoms with E-state index in [-0.39, 0.29) is 0 Å². The molecule has 0 spiro atoms. The van der Waals surface area contributed by atoms with E-state index >= 15 is 0 Å². The van der Waals surface area contributed by atoms with E-state index in [0.717, 1.165) is 33.4 Å². The summed E-state index contributed by atoms with van der Waals surface area (Å²) in [6.07, 6.45) is 0. The lowest BCUT2D eigenvalue weighted by Gasteiger charge is -2.26. The molecule has 0 bridgehead atoms. The molecule has 0 saturated heterocycles. The Morgan fingerprint density at radius 2 is 0.274 bits per heavy atom. The summed E-state index contributed by atoms with van der Waals surface area (Å²) in [5.41, 5.74) is 21.2. The summed E-state index contributed by atoms with van der Waals surface area (Å²) in [4.78, 5) is 3.79. The zero-order valence-electron chi connectivity index (χ0n) is 40.4. The Morgan fingerprint density at radius 3 is 0.425 bits per heavy atom. The summed E-state index contributed by atoms with van der Waals surface area (Å²) < 4.78 is 0. The lowest BCUT2D eigenvalue weighted by atomic mass is 9.92. The Balaban J connectivity index is 1.35. The van der Waals surface area contributed by atoms with E-state index in [1.807, 2.05) is 0 Å². The maximum atomic E-state index is 2.47. The van der Waals surface area contributed by atoms with Gasteiger partial charge in [-0.25, -0.2) is 0 Å². The van der Waals surface area contributed by atoms with Crippen molar-refractivity contribution in [2.45, 2.75) is 14.7 Å². The topological polar surface area (TPSA) is 0 Å². The summed E-state index contributed by atoms with van der Waals surface area (Å²) in [6.45, 7) is 0. The van der Waals surface area contributed by atoms with Gasteiger partial charge in [-0.15, -0.1) is 0 Å². The molecule has 0 saturated carbocycles. The van der Waals surface area contributed by atoms with E-state index in [2.05, 4.69) is 309 Å². The Labute approximate surface area is 432 Å². The monoisotopic (exact) mass is 947 g/mol. The summed E-state index contributed by atoms with van der Waals surface area (Å²) in [5, 5.41) is 0. The van der Waals surface area contributed by atoms with Gasteiger partial charge in [-0.05, 0) is 103 Å². The third-order valence-electron chi connectivity index (χ3n) is 13.7. The standard InChI is InChI=1S/C72H51S/c1-10-28-52(29-11-1)61-46-64(55-34-16-4-17-35-55)70(65(47-61)56-36-18-5-19-37-56)73(71-66(57-38-20-6-21-39-57)48-62(53-30-12-2-13-31-53)49-67(71)58-40-22-7-23-41-58)72-68(59-42-24-8-25-43-59)50-63(54-32-14-3-15-33-54)51-69(72)60-44-26-9-27-45-60/h1-51H/q+1. The lowest BCUT2D eigenvalue weighted by molar-refractivity contribution is 1.31. The predicted molar refractivity (Wildman–Crippen MR) is 310 cm³/mol. The van der Waals surface area contributed by atoms with Crippen molar-refractivity contribution >= 4 is 10.9 Å². The van der Waals surface area contributed by atoms with Crippen molar-refractivity contribution in [3.63, 3.8) is 0 Å². The van der Waals surface area contributed by atoms with Crippen LogP contribution in [0.2, 0.25) is 0 Å². The minimum Gasteiger partial charge on any atom is -0.0622 e. The highest BCUT2D eigenvalue weighted by Gasteiger charge is 2.44. The van der Waals surface area contributed by atoms with Crippen LogP contribution in [0.5, 0.6) is 0 Å². The fourth-order valence-corrected chi connectivity index (χ4v) is 13.2. The second kappa shape index (κ2) is 20.8. The Hall–Kier alpha value is -9.01. The van der Waals surface area contributed by atoms with Crippen molar-refractivity contribution in [3.8, 4) is 100 Å². The zero-order chi connectivity index (χ0) is 48.8. The number of hydrogen-bond acceptors (Lipinski definition) is 0. The molecule has 0 fully saturated rings. The van der Waals surface area contributed by atoms with Crippen molar-refractivity contribution in [3.05, 3.63) is 309 Å². The maximum Gasteiger partial charge on any atom is 0.182 e. The molecule has 0 N–H and O–H groups in total. The lowest BCUT2D eigenvalue weighted by Crippen LogP contribution is -2.15. The molecule has 0 aliphatic rings. The second-order valence-electron chi connectivity index (χ2n) is 18.3. The minimum atomic E-state index is -0.881. The fraction of sp³-hybridized carbons (Fsp3) is 0. The number of hydrogen-bond donors (Lipinski definition) is 0. The molecular formula is C72H51S+. The van der Waals surface area contributed by atoms with E-state index in [9.17, 15) is 0 Å². The molecule has 73 heavy (non-hydrogen) atoms. The second-order valence-corrected chi connectivity index (χ2v) is 20.1. The van der Waals surface area contributed by atoms with Gasteiger partial charge in [-0.3, -0.25) is 0 Å². The molecule has 0 heterocycles. The van der Waals surface area contributed by atoms with E-state index < -0.39 is 10.9 Å². The quantitative estimate of drug-likeness (QED) is 0.107. The average Bonchev–Trinajstić information content (AvgIpc) is 3.49. The van der Waals surface area contributed by atoms with Crippen LogP contribution >= 0.6 is 0 Å². The Morgan fingerprint density at radius 1 is 0.137 bits per heavy atom. The third kappa shape index (κ3) is 9.27. The van der Waals surface area contributed by atoms with Crippen LogP contribution in [0.3, 0.4) is 0 Å². The Bertz CT molecular complexity index is 3180. The van der Waals surface area contributed by atoms with Gasteiger partial charge >= 0.3 is 0 Å². The van der Waals surface area contributed by atoms with Gasteiger partial charge in [0.2, 0.25) is 0 Å². The van der Waals surface area contributed by atoms with Crippen molar-refractivity contribution in [1.82, 2.24) is 0 Å². The normalized spacial score (nSPS) is 11.1. The van der Waals surface area contributed by atoms with Gasteiger partial charge in [0.1, 0.15) is 10.9 Å². The van der Waals surface area contributed by atoms with Gasteiger partial charge in [0.15, 0.2) is 14.7 Å². The molecule has 0 aromatic heterocycles. The van der Waals surface area contributed by atoms with E-state index in [1.54, 1.807) is 0 Å². The fourth-order valence-electron chi connectivity index (χ4n) is 10.2. The van der Waals surface area contributed by atoms with Crippen LogP contribution in [-0.2, 0) is 10.9 Å². The summed E-state index contributed by atoms with van der Waals surface area (Å²) >= 11 is 0. The number of rotatable bonds is 12. The predicted octanol–water partition coefficient (Wildman–Crippen LogP) is 19.8. The van der Waals surface area contributed by atoms with Crippen LogP contribution in [0.25, 0.3) is 100 Å². The molecular weight excluding hydrogens is 897 g/mol. The van der Waals surface area contributed by atoms with Crippen molar-refractivity contribution in [2.75, 3.05) is 0 Å². The van der Waals surface area contributed by atoms with E-state index in [1.165, 1.54) is 81.4 Å². The summed E-state index contributed by atoms with van der Waals surface area (Å²) in [7, 11) is -0.881. The van der Waals surface area contributed by atoms with Gasteiger partial charge in [0.05, 0.1) is 0 Å².